The molecule has 9 aromatic rings. The SMILES string of the molecule is CCOP(C)(=O)CC#N.COC(=O)c1cccnc1/C=C/C#N.COC(=O)c1cccnc1C.COC(=O)c1cccnc1C=O.N#C/C=C/c1ncccc1C(=O)O.N#CCCc1ncccc1C(=O)N1CCCC[C@H]1CO.N#CCCc1ncccc1C(=O)N1CCCC[C@H]1COc1cccc(O)c1C=O.N#CCCc1ncccc1C(=O)O.O=Cc1c(O)cccc1O.OC[C@@H]1CCCCN1. The number of ether oxygens (including phenoxy) is 4. The first kappa shape index (κ1) is 117. The van der Waals surface area contributed by atoms with Crippen LogP contribution in [0.1, 0.15) is 222 Å². The number of esters is 3. The van der Waals surface area contributed by atoms with Crippen LogP contribution in [0.2, 0.25) is 0 Å². The van der Waals surface area contributed by atoms with Gasteiger partial charge in [0.15, 0.2) is 18.9 Å². The summed E-state index contributed by atoms with van der Waals surface area (Å²) in [7, 11) is 1.35. The molecule has 3 aliphatic heterocycles. The highest BCUT2D eigenvalue weighted by molar-refractivity contribution is 7.58. The minimum Gasteiger partial charge on any atom is -0.507 e. The van der Waals surface area contributed by atoms with Crippen molar-refractivity contribution in [3.63, 3.8) is 0 Å². The number of methoxy groups -OCH3 is 3. The molecule has 2 aromatic carbocycles. The number of pyridine rings is 7. The summed E-state index contributed by atoms with van der Waals surface area (Å²) in [6.07, 6.45) is 29.1. The number of carboxylic acid groups (broad SMARTS) is 2. The molecule has 0 saturated carbocycles. The van der Waals surface area contributed by atoms with Crippen molar-refractivity contribution in [3.05, 3.63) is 267 Å². The number of piperidine rings is 3. The number of aromatic hydroxyl groups is 3. The molecule has 0 bridgehead atoms. The van der Waals surface area contributed by atoms with Gasteiger partial charge < -0.3 is 74.3 Å². The highest BCUT2D eigenvalue weighted by atomic mass is 31.2. The average molecular weight is 1920 g/mol. The molecule has 12 rings (SSSR count). The number of rotatable bonds is 26. The van der Waals surface area contributed by atoms with Crippen molar-refractivity contribution in [3.8, 4) is 59.4 Å². The van der Waals surface area contributed by atoms with Gasteiger partial charge in [-0.25, -0.2) is 24.0 Å². The summed E-state index contributed by atoms with van der Waals surface area (Å²) in [6.45, 7) is 8.32. The van der Waals surface area contributed by atoms with Crippen LogP contribution in [0.5, 0.6) is 23.0 Å². The lowest BCUT2D eigenvalue weighted by Crippen LogP contribution is -2.47. The minimum atomic E-state index is -2.55. The number of amides is 2. The van der Waals surface area contributed by atoms with Crippen LogP contribution in [0, 0.1) is 74.9 Å². The Morgan fingerprint density at radius 1 is 0.468 bits per heavy atom. The Kier molecular flexibility index (Phi) is 56.7. The molecule has 10 heterocycles. The van der Waals surface area contributed by atoms with Crippen LogP contribution in [0.15, 0.2) is 177 Å². The van der Waals surface area contributed by atoms with Gasteiger partial charge in [-0.05, 0) is 193 Å². The van der Waals surface area contributed by atoms with E-state index < -0.39 is 31.2 Å². The minimum absolute atomic E-state index is 0.000465. The van der Waals surface area contributed by atoms with Crippen molar-refractivity contribution in [1.29, 1.82) is 31.6 Å². The fraction of sp³-hybridized carbons (Fsp3) is 0.323. The molecule has 0 spiro atoms. The van der Waals surface area contributed by atoms with Crippen LogP contribution in [0.3, 0.4) is 0 Å². The van der Waals surface area contributed by atoms with Gasteiger partial charge in [0.25, 0.3) is 11.8 Å². The number of aromatic nitrogens is 7. The number of nitrogens with zero attached hydrogens (tertiary/aromatic N) is 15. The third-order valence-corrected chi connectivity index (χ3v) is 21.2. The average Bonchev–Trinajstić information content (AvgIpc) is 0.813. The molecule has 1 unspecified atom stereocenters. The van der Waals surface area contributed by atoms with E-state index in [0.29, 0.717) is 140 Å². The van der Waals surface area contributed by atoms with Crippen molar-refractivity contribution in [2.75, 3.05) is 80.2 Å². The number of carbonyl (C=O) groups is 10. The van der Waals surface area contributed by atoms with Crippen LogP contribution < -0.4 is 10.1 Å². The Morgan fingerprint density at radius 3 is 1.27 bits per heavy atom. The molecule has 3 fully saturated rings. The van der Waals surface area contributed by atoms with Crippen LogP contribution >= 0.6 is 7.37 Å². The molecule has 7 aromatic heterocycles. The quantitative estimate of drug-likeness (QED) is 0.00820. The Bertz CT molecular complexity index is 5860. The maximum Gasteiger partial charge on any atom is 0.340 e. The van der Waals surface area contributed by atoms with Crippen LogP contribution in [0.4, 0.5) is 0 Å². The second-order valence-corrected chi connectivity index (χ2v) is 31.6. The van der Waals surface area contributed by atoms with Crippen molar-refractivity contribution in [2.45, 2.75) is 128 Å². The number of nitriles is 6. The van der Waals surface area contributed by atoms with E-state index in [1.165, 1.54) is 132 Å². The third-order valence-electron chi connectivity index (χ3n) is 19.6. The topological polar surface area (TPSA) is 627 Å². The first-order valence-corrected chi connectivity index (χ1v) is 45.3. The number of phenols is 3. The maximum atomic E-state index is 13.2. The predicted octanol–water partition coefficient (Wildman–Crippen LogP) is 13.0. The second-order valence-electron chi connectivity index (χ2n) is 29.0. The van der Waals surface area contributed by atoms with E-state index in [1.807, 2.05) is 12.1 Å². The number of hydrogen-bond donors (Lipinski definition) is 8. The molecule has 8 N–H and O–H groups in total. The third kappa shape index (κ3) is 41.9. The van der Waals surface area contributed by atoms with E-state index in [4.69, 9.17) is 66.4 Å². The van der Waals surface area contributed by atoms with E-state index in [2.05, 4.69) is 66.6 Å². The van der Waals surface area contributed by atoms with Crippen LogP contribution in [0.25, 0.3) is 12.2 Å². The number of nitrogens with one attached hydrogen (secondary N) is 1. The van der Waals surface area contributed by atoms with E-state index in [9.17, 15) is 62.7 Å². The summed E-state index contributed by atoms with van der Waals surface area (Å²) >= 11 is 0. The molecule has 4 atom stereocenters. The number of carbonyl (C=O) groups excluding carboxylic acids is 8. The fourth-order valence-electron chi connectivity index (χ4n) is 12.8. The first-order chi connectivity index (χ1) is 67.1. The molecule has 728 valence electrons. The summed E-state index contributed by atoms with van der Waals surface area (Å²) in [6, 6.07) is 43.1. The molecule has 0 aliphatic carbocycles. The molecule has 2 amide bonds. The lowest BCUT2D eigenvalue weighted by Gasteiger charge is -2.36. The largest absolute Gasteiger partial charge is 0.507 e. The number of hydrogen-bond acceptors (Lipinski definition) is 35. The molecule has 3 aliphatic rings. The maximum absolute atomic E-state index is 13.2. The summed E-state index contributed by atoms with van der Waals surface area (Å²) in [5.74, 6) is -3.83. The van der Waals surface area contributed by atoms with Crippen molar-refractivity contribution in [2.24, 2.45) is 0 Å². The number of aliphatic hydroxyl groups is 2. The summed E-state index contributed by atoms with van der Waals surface area (Å²) in [4.78, 5) is 143. The number of aldehydes is 3. The first-order valence-electron chi connectivity index (χ1n) is 43.1. The number of aliphatic hydroxyl groups excluding tert-OH is 2. The standard InChI is InChI=1S/C22H23N3O4.C15H19N3O2.C10H8N2O2.C9H8N2O2.C9H6N2O2.C8H7NO3.C8H9NO2.C7H6O3.C6H13NO.C5H10NO2P/c23-11-4-8-19-17(7-5-12-24-19)22(28)25-13-2-1-6-16(25)15-29-21-10-3-9-20(27)18(21)14-26;16-8-3-7-14-13(6-4-9-17-14)15(20)18-10-2-1-5-12(18)11-19;1-14-10(13)8-4-3-7-12-9(8)5-2-6-11;2*10-5-1-4-8-7(9(12)13)3-2-6-11-8;1-12-8(11)6-3-2-4-9-7(6)5-10;1-6-7(8(10)11-2)4-3-5-9-6;8-4-5-6(9)2-1-3-7(5)10;8-5-6-3-1-2-4-7-6;1-3-8-9(2,7)5-4-6/h3,5,7,9-10,12,14,16,27H,1-2,4,6,8,13,15H2;4,6,9,12,19H,1-3,5,7,10-11H2;2-5,7H,1H3;2-3,6H,1,4H2,(H,12,13);1-4,6H,(H,12,13);2-5H,1H3;3-5H,1-2H3;1-4,9-10H;6-8H,1-5H2;3,5H2,1-2H3/b;;5-2+;;4-1+;;;;;/t16-;12-;;;;;;;6-;/m00......0./s1. The highest BCUT2D eigenvalue weighted by Gasteiger charge is 2.32. The van der Waals surface area contributed by atoms with E-state index >= 15 is 0 Å². The fourth-order valence-corrected chi connectivity index (χ4v) is 13.7. The Hall–Kier alpha value is -16.5. The normalized spacial score (nSPS) is 13.8. The zero-order chi connectivity index (χ0) is 103. The number of carboxylic acids is 2. The van der Waals surface area contributed by atoms with Gasteiger partial charge >= 0.3 is 29.8 Å². The summed E-state index contributed by atoms with van der Waals surface area (Å²) in [5.41, 5.74) is 5.72. The Labute approximate surface area is 804 Å². The summed E-state index contributed by atoms with van der Waals surface area (Å²) in [5, 5.41) is 117. The number of benzene rings is 2. The van der Waals surface area contributed by atoms with Crippen LogP contribution in [-0.2, 0) is 42.6 Å². The molecular weight excluding hydrogens is 1810 g/mol. The summed E-state index contributed by atoms with van der Waals surface area (Å²) < 4.78 is 35.1. The van der Waals surface area contributed by atoms with Gasteiger partial charge in [0, 0.05) is 120 Å². The highest BCUT2D eigenvalue weighted by Crippen LogP contribution is 2.41. The zero-order valence-corrected chi connectivity index (χ0v) is 78.3. The van der Waals surface area contributed by atoms with Gasteiger partial charge in [0.2, 0.25) is 7.37 Å². The van der Waals surface area contributed by atoms with Gasteiger partial charge in [-0.15, -0.1) is 0 Å². The lowest BCUT2D eigenvalue weighted by molar-refractivity contribution is 0.0499. The lowest BCUT2D eigenvalue weighted by atomic mass is 10.00. The predicted molar refractivity (Wildman–Crippen MR) is 506 cm³/mol. The van der Waals surface area contributed by atoms with Crippen molar-refractivity contribution in [1.82, 2.24) is 50.0 Å². The number of allylic oxidation sites excluding steroid dienone is 2. The molecule has 139 heavy (non-hydrogen) atoms. The Morgan fingerprint density at radius 2 is 0.863 bits per heavy atom. The van der Waals surface area contributed by atoms with Crippen molar-refractivity contribution >= 4 is 80.0 Å². The van der Waals surface area contributed by atoms with E-state index in [1.54, 1.807) is 133 Å². The molecule has 0 radical (unpaired) electrons. The molecule has 40 heteroatoms. The molecule has 3 saturated heterocycles. The van der Waals surface area contributed by atoms with Gasteiger partial charge in [-0.3, -0.25) is 63.4 Å². The van der Waals surface area contributed by atoms with Gasteiger partial charge in [-0.2, -0.15) is 31.6 Å². The van der Waals surface area contributed by atoms with Gasteiger partial charge in [0.1, 0.15) is 41.5 Å². The monoisotopic (exact) mass is 1920 g/mol. The van der Waals surface area contributed by atoms with Gasteiger partial charge in [0.05, 0.1) is 174 Å². The molecular formula is C99H109N16O23P. The van der Waals surface area contributed by atoms with Crippen molar-refractivity contribution < 1.29 is 112 Å². The second kappa shape index (κ2) is 67.6. The molecule has 39 nitrogen and oxygen atoms in total. The van der Waals surface area contributed by atoms with Gasteiger partial charge in [-0.1, -0.05) is 18.6 Å². The van der Waals surface area contributed by atoms with E-state index in [0.717, 1.165) is 51.5 Å². The number of likely N-dealkylation sites (tertiary alicyclic amines) is 2. The van der Waals surface area contributed by atoms with Crippen LogP contribution in [-0.4, -0.2) is 239 Å². The Balaban J connectivity index is 0.000000408. The smallest absolute Gasteiger partial charge is 0.340 e. The number of aryl methyl sites for hydroxylation is 4. The number of aromatic carboxylic acids is 2. The number of phenolic OH excluding ortho intramolecular Hbond substituents is 3. The zero-order valence-electron chi connectivity index (χ0n) is 77.4. The van der Waals surface area contributed by atoms with E-state index in [-0.39, 0.29) is 112 Å².